The van der Waals surface area contributed by atoms with Gasteiger partial charge in [-0.15, -0.1) is 0 Å². The van der Waals surface area contributed by atoms with Crippen LogP contribution in [-0.2, 0) is 16.3 Å². The lowest BCUT2D eigenvalue weighted by atomic mass is 10.1. The topological polar surface area (TPSA) is 58.2 Å². The maximum atomic E-state index is 11.1. The number of hydrogen-bond acceptors (Lipinski definition) is 2. The summed E-state index contributed by atoms with van der Waals surface area (Å²) in [6.45, 7) is 1.93. The minimum Gasteiger partial charge on any atom is -0.450 e. The van der Waals surface area contributed by atoms with Crippen LogP contribution in [0.1, 0.15) is 12.5 Å². The van der Waals surface area contributed by atoms with E-state index in [0.717, 1.165) is 5.56 Å². The Morgan fingerprint density at radius 2 is 2.27 bits per heavy atom. The Balaban J connectivity index is 2.60. The number of nitrogens with one attached hydrogen (secondary N) is 1. The molecule has 4 heteroatoms. The second kappa shape index (κ2) is 6.03. The molecule has 1 N–H and O–H groups in total. The van der Waals surface area contributed by atoms with Crippen molar-refractivity contribution in [1.29, 1.82) is 0 Å². The van der Waals surface area contributed by atoms with Crippen LogP contribution >= 0.6 is 0 Å². The number of anilines is 1. The van der Waals surface area contributed by atoms with Crippen LogP contribution < -0.4 is 5.32 Å². The predicted octanol–water partition coefficient (Wildman–Crippen LogP) is 2.23. The summed E-state index contributed by atoms with van der Waals surface area (Å²) in [5.41, 5.74) is 1.57. The molecule has 0 saturated heterocycles. The molecule has 4 nitrogen and oxygen atoms in total. The lowest BCUT2D eigenvalue weighted by molar-refractivity contribution is 0.168. The Labute approximate surface area is 88.9 Å². The van der Waals surface area contributed by atoms with Gasteiger partial charge in [-0.1, -0.05) is 12.1 Å². The van der Waals surface area contributed by atoms with Gasteiger partial charge < -0.3 is 4.74 Å². The normalized spacial score (nSPS) is 9.73. The zero-order valence-corrected chi connectivity index (χ0v) is 8.66. The molecule has 81 valence electrons. The molecule has 1 aromatic rings. The molecule has 0 bridgehead atoms. The number of ether oxygens (including phenoxy) is 1. The second-order valence-electron chi connectivity index (χ2n) is 3.00. The first-order valence-corrected chi connectivity index (χ1v) is 4.87. The SMILES string of the molecule is CCOC(=O)Nc1cccc(CC[O])c1. The molecule has 0 aliphatic heterocycles. The summed E-state index contributed by atoms with van der Waals surface area (Å²) in [6.07, 6.45) is -0.00463. The van der Waals surface area contributed by atoms with Crippen LogP contribution in [0.3, 0.4) is 0 Å². The van der Waals surface area contributed by atoms with Gasteiger partial charge in [-0.05, 0) is 31.0 Å². The van der Waals surface area contributed by atoms with Crippen LogP contribution in [-0.4, -0.2) is 19.3 Å². The molecule has 0 aliphatic rings. The fourth-order valence-electron chi connectivity index (χ4n) is 1.21. The molecular weight excluding hydrogens is 194 g/mol. The van der Waals surface area contributed by atoms with Crippen molar-refractivity contribution in [3.05, 3.63) is 29.8 Å². The van der Waals surface area contributed by atoms with Crippen LogP contribution in [0.2, 0.25) is 0 Å². The first-order chi connectivity index (χ1) is 7.26. The molecule has 0 atom stereocenters. The average Bonchev–Trinajstić information content (AvgIpc) is 2.19. The lowest BCUT2D eigenvalue weighted by Crippen LogP contribution is -2.13. The van der Waals surface area contributed by atoms with E-state index < -0.39 is 6.09 Å². The summed E-state index contributed by atoms with van der Waals surface area (Å²) < 4.78 is 4.73. The number of amides is 1. The van der Waals surface area contributed by atoms with Crippen molar-refractivity contribution >= 4 is 11.8 Å². The van der Waals surface area contributed by atoms with Gasteiger partial charge in [-0.3, -0.25) is 5.32 Å². The molecule has 0 spiro atoms. The highest BCUT2D eigenvalue weighted by molar-refractivity contribution is 5.84. The fraction of sp³-hybridized carbons (Fsp3) is 0.364. The maximum absolute atomic E-state index is 11.1. The third-order valence-electron chi connectivity index (χ3n) is 1.84. The van der Waals surface area contributed by atoms with Crippen molar-refractivity contribution in [1.82, 2.24) is 0 Å². The van der Waals surface area contributed by atoms with E-state index >= 15 is 0 Å². The van der Waals surface area contributed by atoms with Crippen LogP contribution in [0.4, 0.5) is 10.5 Å². The summed E-state index contributed by atoms with van der Waals surface area (Å²) in [5.74, 6) is 0. The van der Waals surface area contributed by atoms with Crippen LogP contribution in [0, 0.1) is 0 Å². The van der Waals surface area contributed by atoms with E-state index in [2.05, 4.69) is 5.32 Å². The van der Waals surface area contributed by atoms with Gasteiger partial charge in [0.15, 0.2) is 0 Å². The summed E-state index contributed by atoms with van der Waals surface area (Å²) in [4.78, 5) is 11.1. The monoisotopic (exact) mass is 208 g/mol. The standard InChI is InChI=1S/C11H14NO3/c1-2-15-11(14)12-10-5-3-4-9(8-10)6-7-13/h3-5,8H,2,6-7H2,1H3,(H,12,14). The van der Waals surface area contributed by atoms with E-state index in [4.69, 9.17) is 4.74 Å². The quantitative estimate of drug-likeness (QED) is 0.824. The number of benzene rings is 1. The lowest BCUT2D eigenvalue weighted by Gasteiger charge is -2.06. The van der Waals surface area contributed by atoms with Crippen molar-refractivity contribution in [3.63, 3.8) is 0 Å². The second-order valence-corrected chi connectivity index (χ2v) is 3.00. The molecule has 1 rings (SSSR count). The van der Waals surface area contributed by atoms with E-state index in [9.17, 15) is 9.90 Å². The van der Waals surface area contributed by atoms with E-state index in [1.165, 1.54) is 0 Å². The first-order valence-electron chi connectivity index (χ1n) is 4.87. The van der Waals surface area contributed by atoms with Crippen molar-refractivity contribution in [2.45, 2.75) is 13.3 Å². The largest absolute Gasteiger partial charge is 0.450 e. The van der Waals surface area contributed by atoms with Gasteiger partial charge in [0.1, 0.15) is 0 Å². The number of carbonyl (C=O) groups is 1. The third kappa shape index (κ3) is 3.99. The third-order valence-corrected chi connectivity index (χ3v) is 1.84. The number of hydrogen-bond donors (Lipinski definition) is 1. The zero-order valence-electron chi connectivity index (χ0n) is 8.66. The van der Waals surface area contributed by atoms with E-state index in [1.54, 1.807) is 25.1 Å². The molecule has 1 amide bonds. The summed E-state index contributed by atoms with van der Waals surface area (Å²) in [6, 6.07) is 7.18. The van der Waals surface area contributed by atoms with Crippen molar-refractivity contribution < 1.29 is 14.6 Å². The van der Waals surface area contributed by atoms with Gasteiger partial charge in [-0.25, -0.2) is 9.90 Å². The van der Waals surface area contributed by atoms with Crippen molar-refractivity contribution in [2.24, 2.45) is 0 Å². The minimum atomic E-state index is -0.475. The van der Waals surface area contributed by atoms with Crippen LogP contribution in [0.15, 0.2) is 24.3 Å². The molecule has 1 radical (unpaired) electrons. The van der Waals surface area contributed by atoms with E-state index in [0.29, 0.717) is 18.7 Å². The summed E-state index contributed by atoms with van der Waals surface area (Å²) in [7, 11) is 0. The zero-order chi connectivity index (χ0) is 11.1. The van der Waals surface area contributed by atoms with E-state index in [1.807, 2.05) is 6.07 Å². The Kier molecular flexibility index (Phi) is 4.63. The molecule has 0 aliphatic carbocycles. The Bertz CT molecular complexity index is 325. The molecule has 1 aromatic carbocycles. The maximum Gasteiger partial charge on any atom is 0.411 e. The summed E-state index contributed by atoms with van der Waals surface area (Å²) in [5, 5.41) is 13.0. The Morgan fingerprint density at radius 1 is 1.47 bits per heavy atom. The van der Waals surface area contributed by atoms with E-state index in [-0.39, 0.29) is 6.61 Å². The highest BCUT2D eigenvalue weighted by atomic mass is 16.5. The average molecular weight is 208 g/mol. The van der Waals surface area contributed by atoms with Crippen LogP contribution in [0.25, 0.3) is 0 Å². The van der Waals surface area contributed by atoms with Crippen molar-refractivity contribution in [3.8, 4) is 0 Å². The van der Waals surface area contributed by atoms with Crippen LogP contribution in [0.5, 0.6) is 0 Å². The Hall–Kier alpha value is -1.55. The highest BCUT2D eigenvalue weighted by Gasteiger charge is 2.02. The minimum absolute atomic E-state index is 0.150. The molecule has 0 heterocycles. The van der Waals surface area contributed by atoms with Gasteiger partial charge in [0, 0.05) is 5.69 Å². The molecule has 0 unspecified atom stereocenters. The molecule has 15 heavy (non-hydrogen) atoms. The molecule has 0 saturated carbocycles. The predicted molar refractivity (Wildman–Crippen MR) is 56.3 cm³/mol. The number of carbonyl (C=O) groups excluding carboxylic acids is 1. The number of rotatable bonds is 4. The van der Waals surface area contributed by atoms with Gasteiger partial charge in [0.2, 0.25) is 0 Å². The Morgan fingerprint density at radius 3 is 2.93 bits per heavy atom. The smallest absolute Gasteiger partial charge is 0.411 e. The van der Waals surface area contributed by atoms with Gasteiger partial charge in [0.25, 0.3) is 0 Å². The van der Waals surface area contributed by atoms with Gasteiger partial charge in [0.05, 0.1) is 13.2 Å². The van der Waals surface area contributed by atoms with Gasteiger partial charge in [-0.2, -0.15) is 0 Å². The molecule has 0 aromatic heterocycles. The van der Waals surface area contributed by atoms with Crippen molar-refractivity contribution in [2.75, 3.05) is 18.5 Å². The summed E-state index contributed by atoms with van der Waals surface area (Å²) >= 11 is 0. The first kappa shape index (κ1) is 11.5. The molecule has 0 fully saturated rings. The fourth-order valence-corrected chi connectivity index (χ4v) is 1.21. The molecular formula is C11H14NO3. The highest BCUT2D eigenvalue weighted by Crippen LogP contribution is 2.11. The van der Waals surface area contributed by atoms with Gasteiger partial charge >= 0.3 is 6.09 Å².